The molecule has 0 saturated heterocycles. The quantitative estimate of drug-likeness (QED) is 0.285. The van der Waals surface area contributed by atoms with E-state index in [4.69, 9.17) is 9.88 Å². The number of benzene rings is 4. The molecule has 0 radical (unpaired) electrons. The summed E-state index contributed by atoms with van der Waals surface area (Å²) in [6.07, 6.45) is 1.67. The monoisotopic (exact) mass is 527 g/mol. The molecular weight excluding hydrogens is 498 g/mol. The molecule has 2 amide bonds. The predicted octanol–water partition coefficient (Wildman–Crippen LogP) is 6.26. The van der Waals surface area contributed by atoms with Crippen LogP contribution in [-0.2, 0) is 10.0 Å². The fraction of sp³-hybridized carbons (Fsp3) is 0.167. The van der Waals surface area contributed by atoms with Gasteiger partial charge in [0.15, 0.2) is 0 Å². The van der Waals surface area contributed by atoms with Crippen molar-refractivity contribution < 1.29 is 17.9 Å². The number of nitrogens with one attached hydrogen (secondary N) is 2. The number of ether oxygens (including phenoxy) is 1. The number of sulfonamides is 1. The Labute approximate surface area is 222 Å². The molecule has 0 saturated carbocycles. The van der Waals surface area contributed by atoms with Crippen LogP contribution >= 0.6 is 0 Å². The number of primary sulfonamides is 1. The molecule has 1 aliphatic rings. The van der Waals surface area contributed by atoms with Gasteiger partial charge in [-0.3, -0.25) is 0 Å². The molecule has 0 bridgehead atoms. The first-order valence-electron chi connectivity index (χ1n) is 12.4. The summed E-state index contributed by atoms with van der Waals surface area (Å²) in [5.41, 5.74) is 5.25. The number of hydrogen-bond donors (Lipinski definition) is 3. The van der Waals surface area contributed by atoms with Crippen LogP contribution in [0.1, 0.15) is 35.4 Å². The molecule has 1 heterocycles. The van der Waals surface area contributed by atoms with Gasteiger partial charge < -0.3 is 15.4 Å². The Bertz CT molecular complexity index is 1570. The third kappa shape index (κ3) is 5.56. The van der Waals surface area contributed by atoms with Gasteiger partial charge in [-0.25, -0.2) is 18.4 Å². The van der Waals surface area contributed by atoms with Gasteiger partial charge in [-0.05, 0) is 61.2 Å². The summed E-state index contributed by atoms with van der Waals surface area (Å²) in [5, 5.41) is 11.4. The van der Waals surface area contributed by atoms with Crippen LogP contribution in [0.3, 0.4) is 0 Å². The van der Waals surface area contributed by atoms with Crippen molar-refractivity contribution in [1.82, 2.24) is 0 Å². The van der Waals surface area contributed by atoms with E-state index in [0.29, 0.717) is 34.9 Å². The summed E-state index contributed by atoms with van der Waals surface area (Å²) in [6.45, 7) is 2.47. The number of aryl methyl sites for hydroxylation is 1. The highest BCUT2D eigenvalue weighted by Gasteiger charge is 2.27. The standard InChI is InChI=1S/C30H29N3O4S/c1-20-13-15-23(16-14-20)32-30(34)33-27-19-22(25-10-5-6-12-28(25)38(31,35)36)18-26-24(11-7-17-37-29(26)27)21-8-3-2-4-9-21/h2-6,8-10,12-16,18-19,24H,7,11,17H2,1H3,(H2,31,35,36)(H2,32,33,34). The molecule has 5 rings (SSSR count). The van der Waals surface area contributed by atoms with Crippen molar-refractivity contribution in [3.05, 3.63) is 108 Å². The van der Waals surface area contributed by atoms with Gasteiger partial charge in [-0.15, -0.1) is 0 Å². The number of amides is 2. The van der Waals surface area contributed by atoms with E-state index in [9.17, 15) is 13.2 Å². The molecule has 0 aromatic heterocycles. The lowest BCUT2D eigenvalue weighted by Crippen LogP contribution is -2.20. The largest absolute Gasteiger partial charge is 0.491 e. The Kier molecular flexibility index (Phi) is 7.18. The van der Waals surface area contributed by atoms with E-state index in [1.54, 1.807) is 24.3 Å². The van der Waals surface area contributed by atoms with Crippen LogP contribution in [0.2, 0.25) is 0 Å². The van der Waals surface area contributed by atoms with Gasteiger partial charge in [-0.1, -0.05) is 66.2 Å². The normalized spacial score (nSPS) is 15.1. The van der Waals surface area contributed by atoms with Gasteiger partial charge in [0, 0.05) is 22.7 Å². The number of anilines is 2. The maximum absolute atomic E-state index is 13.1. The van der Waals surface area contributed by atoms with E-state index >= 15 is 0 Å². The minimum Gasteiger partial charge on any atom is -0.491 e. The Morgan fingerprint density at radius 3 is 2.37 bits per heavy atom. The van der Waals surface area contributed by atoms with Crippen LogP contribution in [0.25, 0.3) is 11.1 Å². The molecule has 4 aromatic carbocycles. The fourth-order valence-electron chi connectivity index (χ4n) is 4.84. The molecule has 4 N–H and O–H groups in total. The maximum atomic E-state index is 13.1. The number of urea groups is 1. The molecule has 38 heavy (non-hydrogen) atoms. The van der Waals surface area contributed by atoms with Gasteiger partial charge in [0.05, 0.1) is 17.2 Å². The number of carbonyl (C=O) groups excluding carboxylic acids is 1. The van der Waals surface area contributed by atoms with Gasteiger partial charge in [0.1, 0.15) is 5.75 Å². The molecule has 1 unspecified atom stereocenters. The highest BCUT2D eigenvalue weighted by molar-refractivity contribution is 7.89. The number of hydrogen-bond acceptors (Lipinski definition) is 4. The van der Waals surface area contributed by atoms with Gasteiger partial charge in [0.2, 0.25) is 10.0 Å². The predicted molar refractivity (Wildman–Crippen MR) is 150 cm³/mol. The van der Waals surface area contributed by atoms with Crippen molar-refractivity contribution in [2.45, 2.75) is 30.6 Å². The second-order valence-electron chi connectivity index (χ2n) is 9.38. The Morgan fingerprint density at radius 2 is 1.63 bits per heavy atom. The summed E-state index contributed by atoms with van der Waals surface area (Å²) >= 11 is 0. The number of rotatable bonds is 5. The van der Waals surface area contributed by atoms with E-state index in [1.165, 1.54) is 6.07 Å². The number of fused-ring (bicyclic) bond motifs is 1. The lowest BCUT2D eigenvalue weighted by Gasteiger charge is -2.22. The van der Waals surface area contributed by atoms with Gasteiger partial charge >= 0.3 is 6.03 Å². The maximum Gasteiger partial charge on any atom is 0.323 e. The van der Waals surface area contributed by atoms with Gasteiger partial charge in [0.25, 0.3) is 0 Å². The average molecular weight is 528 g/mol. The lowest BCUT2D eigenvalue weighted by atomic mass is 9.85. The Balaban J connectivity index is 1.64. The summed E-state index contributed by atoms with van der Waals surface area (Å²) in [6, 6.07) is 27.5. The summed E-state index contributed by atoms with van der Waals surface area (Å²) in [4.78, 5) is 13.1. The molecular formula is C30H29N3O4S. The van der Waals surface area contributed by atoms with Crippen LogP contribution in [0, 0.1) is 6.92 Å². The van der Waals surface area contributed by atoms with Crippen molar-refractivity contribution in [2.75, 3.05) is 17.2 Å². The Morgan fingerprint density at radius 1 is 0.921 bits per heavy atom. The molecule has 7 nitrogen and oxygen atoms in total. The highest BCUT2D eigenvalue weighted by atomic mass is 32.2. The van der Waals surface area contributed by atoms with Crippen LogP contribution in [-0.4, -0.2) is 21.1 Å². The third-order valence-electron chi connectivity index (χ3n) is 6.64. The van der Waals surface area contributed by atoms with Crippen LogP contribution in [0.5, 0.6) is 5.75 Å². The molecule has 194 valence electrons. The number of carbonyl (C=O) groups is 1. The first-order valence-corrected chi connectivity index (χ1v) is 14.0. The number of nitrogens with two attached hydrogens (primary N) is 1. The molecule has 1 atom stereocenters. The second kappa shape index (κ2) is 10.7. The van der Waals surface area contributed by atoms with Gasteiger partial charge in [-0.2, -0.15) is 0 Å². The van der Waals surface area contributed by atoms with E-state index in [1.807, 2.05) is 55.5 Å². The molecule has 0 aliphatic carbocycles. The van der Waals surface area contributed by atoms with Crippen molar-refractivity contribution in [3.8, 4) is 16.9 Å². The van der Waals surface area contributed by atoms with E-state index in [2.05, 4.69) is 22.8 Å². The van der Waals surface area contributed by atoms with Crippen molar-refractivity contribution in [2.24, 2.45) is 5.14 Å². The molecule has 1 aliphatic heterocycles. The minimum atomic E-state index is -3.99. The van der Waals surface area contributed by atoms with E-state index in [0.717, 1.165) is 29.5 Å². The van der Waals surface area contributed by atoms with Crippen molar-refractivity contribution >= 4 is 27.4 Å². The summed E-state index contributed by atoms with van der Waals surface area (Å²) < 4.78 is 31.0. The fourth-order valence-corrected chi connectivity index (χ4v) is 5.60. The van der Waals surface area contributed by atoms with Crippen LogP contribution < -0.4 is 20.5 Å². The second-order valence-corrected chi connectivity index (χ2v) is 10.9. The van der Waals surface area contributed by atoms with Crippen molar-refractivity contribution in [1.29, 1.82) is 0 Å². The SMILES string of the molecule is Cc1ccc(NC(=O)Nc2cc(-c3ccccc3S(N)(=O)=O)cc3c2OCCCC3c2ccccc2)cc1. The molecule has 0 fully saturated rings. The third-order valence-corrected chi connectivity index (χ3v) is 7.61. The summed E-state index contributed by atoms with van der Waals surface area (Å²) in [5.74, 6) is 0.572. The Hall–Kier alpha value is -4.14. The van der Waals surface area contributed by atoms with Crippen molar-refractivity contribution in [3.63, 3.8) is 0 Å². The van der Waals surface area contributed by atoms with Crippen LogP contribution in [0.15, 0.2) is 95.9 Å². The lowest BCUT2D eigenvalue weighted by molar-refractivity contribution is 0.262. The summed E-state index contributed by atoms with van der Waals surface area (Å²) in [7, 11) is -3.99. The zero-order valence-electron chi connectivity index (χ0n) is 21.0. The topological polar surface area (TPSA) is 111 Å². The first-order chi connectivity index (χ1) is 18.3. The average Bonchev–Trinajstić information content (AvgIpc) is 3.13. The molecule has 8 heteroatoms. The van der Waals surface area contributed by atoms with E-state index in [-0.39, 0.29) is 10.8 Å². The minimum absolute atomic E-state index is 0.00370. The highest BCUT2D eigenvalue weighted by Crippen LogP contribution is 2.45. The van der Waals surface area contributed by atoms with E-state index < -0.39 is 16.1 Å². The molecule has 4 aromatic rings. The van der Waals surface area contributed by atoms with Crippen LogP contribution in [0.4, 0.5) is 16.2 Å². The first kappa shape index (κ1) is 25.5. The zero-order chi connectivity index (χ0) is 26.7. The smallest absolute Gasteiger partial charge is 0.323 e. The zero-order valence-corrected chi connectivity index (χ0v) is 21.8. The molecule has 0 spiro atoms.